The van der Waals surface area contributed by atoms with Crippen molar-refractivity contribution in [3.63, 3.8) is 0 Å². The van der Waals surface area contributed by atoms with Crippen molar-refractivity contribution >= 4 is 5.84 Å². The molecular weight excluding hydrogens is 298 g/mol. The van der Waals surface area contributed by atoms with E-state index in [2.05, 4.69) is 53.3 Å². The van der Waals surface area contributed by atoms with E-state index in [0.717, 1.165) is 22.7 Å². The minimum Gasteiger partial charge on any atom is -0.485 e. The van der Waals surface area contributed by atoms with Crippen molar-refractivity contribution in [1.29, 1.82) is 0 Å². The van der Waals surface area contributed by atoms with Crippen molar-refractivity contribution in [1.82, 2.24) is 10.9 Å². The maximum absolute atomic E-state index is 6.22. The Morgan fingerprint density at radius 2 is 1.79 bits per heavy atom. The number of nitrogens with one attached hydrogen (secondary N) is 2. The maximum atomic E-state index is 6.22. The molecule has 2 aromatic carbocycles. The molecule has 24 heavy (non-hydrogen) atoms. The van der Waals surface area contributed by atoms with Crippen LogP contribution in [0.25, 0.3) is 0 Å². The van der Waals surface area contributed by atoms with E-state index < -0.39 is 0 Å². The van der Waals surface area contributed by atoms with Crippen LogP contribution in [0.4, 0.5) is 0 Å². The minimum absolute atomic E-state index is 0.00516. The van der Waals surface area contributed by atoms with Crippen LogP contribution in [-0.4, -0.2) is 18.1 Å². The Hall–Kier alpha value is -2.85. The van der Waals surface area contributed by atoms with E-state index in [0.29, 0.717) is 0 Å². The molecule has 2 aliphatic heterocycles. The molecule has 0 saturated heterocycles. The summed E-state index contributed by atoms with van der Waals surface area (Å²) in [5.74, 6) is 2.10. The predicted octanol–water partition coefficient (Wildman–Crippen LogP) is 2.91. The number of allylic oxidation sites excluding steroid dienone is 2. The summed E-state index contributed by atoms with van der Waals surface area (Å²) >= 11 is 0. The lowest BCUT2D eigenvalue weighted by atomic mass is 9.86. The zero-order chi connectivity index (χ0) is 15.9. The molecule has 0 bridgehead atoms. The van der Waals surface area contributed by atoms with Gasteiger partial charge in [0.15, 0.2) is 0 Å². The first-order valence-corrected chi connectivity index (χ1v) is 8.19. The van der Waals surface area contributed by atoms with Crippen molar-refractivity contribution in [2.45, 2.75) is 18.2 Å². The van der Waals surface area contributed by atoms with Gasteiger partial charge >= 0.3 is 0 Å². The average molecular weight is 315 g/mol. The maximum Gasteiger partial charge on any atom is 0.144 e. The zero-order valence-electron chi connectivity index (χ0n) is 13.0. The smallest absolute Gasteiger partial charge is 0.144 e. The molecule has 0 radical (unpaired) electrons. The van der Waals surface area contributed by atoms with Crippen molar-refractivity contribution in [2.75, 3.05) is 0 Å². The van der Waals surface area contributed by atoms with Crippen LogP contribution in [0.3, 0.4) is 0 Å². The van der Waals surface area contributed by atoms with Crippen LogP contribution in [0.5, 0.6) is 5.75 Å². The number of para-hydroxylation sites is 1. The molecule has 0 amide bonds. The molecule has 5 rings (SSSR count). The molecule has 4 nitrogen and oxygen atoms in total. The lowest BCUT2D eigenvalue weighted by molar-refractivity contribution is 0.243. The molecule has 2 aromatic rings. The molecule has 2 heterocycles. The summed E-state index contributed by atoms with van der Waals surface area (Å²) in [5.41, 5.74) is 9.96. The molecule has 0 fully saturated rings. The average Bonchev–Trinajstić information content (AvgIpc) is 3.27. The third-order valence-electron chi connectivity index (χ3n) is 4.74. The van der Waals surface area contributed by atoms with Gasteiger partial charge in [-0.1, -0.05) is 66.8 Å². The summed E-state index contributed by atoms with van der Waals surface area (Å²) < 4.78 is 6.22. The van der Waals surface area contributed by atoms with Crippen LogP contribution in [0.1, 0.15) is 17.0 Å². The molecule has 3 unspecified atom stereocenters. The first-order valence-electron chi connectivity index (χ1n) is 8.19. The molecule has 118 valence electrons. The Morgan fingerprint density at radius 1 is 0.958 bits per heavy atom. The van der Waals surface area contributed by atoms with Gasteiger partial charge in [-0.05, 0) is 6.07 Å². The summed E-state index contributed by atoms with van der Waals surface area (Å²) in [6, 6.07) is 18.4. The Kier molecular flexibility index (Phi) is 3.03. The van der Waals surface area contributed by atoms with E-state index in [1.807, 2.05) is 30.3 Å². The molecule has 0 spiro atoms. The van der Waals surface area contributed by atoms with Crippen LogP contribution in [0, 0.1) is 0 Å². The molecule has 0 saturated carbocycles. The largest absolute Gasteiger partial charge is 0.485 e. The van der Waals surface area contributed by atoms with Crippen LogP contribution in [0.15, 0.2) is 83.4 Å². The summed E-state index contributed by atoms with van der Waals surface area (Å²) in [4.78, 5) is 4.82. The number of rotatable bonds is 2. The third kappa shape index (κ3) is 2.07. The molecule has 4 heteroatoms. The van der Waals surface area contributed by atoms with Gasteiger partial charge in [-0.15, -0.1) is 0 Å². The number of hydrazine groups is 1. The lowest BCUT2D eigenvalue weighted by Crippen LogP contribution is -2.40. The SMILES string of the molecule is C1=CC2c3ccccc3OC2C(C2N=C(c3ccccc3)NN2)=C1. The highest BCUT2D eigenvalue weighted by molar-refractivity contribution is 5.99. The highest BCUT2D eigenvalue weighted by Gasteiger charge is 2.39. The number of ether oxygens (including phenoxy) is 1. The van der Waals surface area contributed by atoms with E-state index >= 15 is 0 Å². The number of hydrogen-bond donors (Lipinski definition) is 2. The highest BCUT2D eigenvalue weighted by atomic mass is 16.5. The van der Waals surface area contributed by atoms with Crippen molar-refractivity contribution in [2.24, 2.45) is 4.99 Å². The van der Waals surface area contributed by atoms with Gasteiger partial charge in [0, 0.05) is 22.6 Å². The second kappa shape index (κ2) is 5.35. The standard InChI is InChI=1S/C20H17N3O/c1-2-7-13(8-3-1)19-21-20(23-22-19)16-11-6-10-15-14-9-4-5-12-17(14)24-18(15)16/h1-12,15,18,20,23H,(H,21,22). The van der Waals surface area contributed by atoms with Crippen molar-refractivity contribution in [3.05, 3.63) is 89.5 Å². The van der Waals surface area contributed by atoms with E-state index in [-0.39, 0.29) is 18.2 Å². The van der Waals surface area contributed by atoms with E-state index in [1.54, 1.807) is 0 Å². The highest BCUT2D eigenvalue weighted by Crippen LogP contribution is 2.44. The number of benzene rings is 2. The van der Waals surface area contributed by atoms with E-state index in [1.165, 1.54) is 5.56 Å². The number of amidine groups is 1. The van der Waals surface area contributed by atoms with Gasteiger partial charge in [0.2, 0.25) is 0 Å². The summed E-state index contributed by atoms with van der Waals surface area (Å²) in [6.07, 6.45) is 6.32. The van der Waals surface area contributed by atoms with Gasteiger partial charge in [0.05, 0.1) is 0 Å². The molecule has 0 aromatic heterocycles. The third-order valence-corrected chi connectivity index (χ3v) is 4.74. The Balaban J connectivity index is 1.46. The fourth-order valence-electron chi connectivity index (χ4n) is 3.58. The van der Waals surface area contributed by atoms with Crippen LogP contribution in [0.2, 0.25) is 0 Å². The molecule has 2 N–H and O–H groups in total. The van der Waals surface area contributed by atoms with Gasteiger partial charge in [0.25, 0.3) is 0 Å². The van der Waals surface area contributed by atoms with Gasteiger partial charge in [0.1, 0.15) is 23.9 Å². The first kappa shape index (κ1) is 13.6. The molecule has 3 aliphatic rings. The molecule has 1 aliphatic carbocycles. The fraction of sp³-hybridized carbons (Fsp3) is 0.150. The minimum atomic E-state index is -0.119. The van der Waals surface area contributed by atoms with Gasteiger partial charge in [-0.2, -0.15) is 0 Å². The van der Waals surface area contributed by atoms with Gasteiger partial charge in [-0.25, -0.2) is 10.4 Å². The number of nitrogens with zero attached hydrogens (tertiary/aromatic N) is 1. The Bertz CT molecular complexity index is 869. The quantitative estimate of drug-likeness (QED) is 0.896. The second-order valence-electron chi connectivity index (χ2n) is 6.17. The molecule has 3 atom stereocenters. The Labute approximate surface area is 140 Å². The first-order chi connectivity index (χ1) is 11.9. The molecular formula is C20H17N3O. The summed E-state index contributed by atoms with van der Waals surface area (Å²) in [5, 5.41) is 0. The lowest BCUT2D eigenvalue weighted by Gasteiger charge is -2.25. The Morgan fingerprint density at radius 3 is 2.71 bits per heavy atom. The van der Waals surface area contributed by atoms with Crippen LogP contribution < -0.4 is 15.6 Å². The van der Waals surface area contributed by atoms with Gasteiger partial charge in [-0.3, -0.25) is 0 Å². The van der Waals surface area contributed by atoms with Gasteiger partial charge < -0.3 is 10.2 Å². The summed E-state index contributed by atoms with van der Waals surface area (Å²) in [7, 11) is 0. The zero-order valence-corrected chi connectivity index (χ0v) is 13.0. The van der Waals surface area contributed by atoms with E-state index in [4.69, 9.17) is 9.73 Å². The van der Waals surface area contributed by atoms with E-state index in [9.17, 15) is 0 Å². The fourth-order valence-corrected chi connectivity index (χ4v) is 3.58. The topological polar surface area (TPSA) is 45.6 Å². The predicted molar refractivity (Wildman–Crippen MR) is 93.9 cm³/mol. The normalized spacial score (nSPS) is 26.8. The monoisotopic (exact) mass is 315 g/mol. The number of hydrogen-bond acceptors (Lipinski definition) is 4. The van der Waals surface area contributed by atoms with Crippen LogP contribution >= 0.6 is 0 Å². The summed E-state index contributed by atoms with van der Waals surface area (Å²) in [6.45, 7) is 0. The van der Waals surface area contributed by atoms with Crippen molar-refractivity contribution in [3.8, 4) is 5.75 Å². The number of aliphatic imine (C=N–C) groups is 1. The second-order valence-corrected chi connectivity index (χ2v) is 6.17. The van der Waals surface area contributed by atoms with Crippen LogP contribution in [-0.2, 0) is 0 Å². The van der Waals surface area contributed by atoms with Crippen molar-refractivity contribution < 1.29 is 4.74 Å². The number of fused-ring (bicyclic) bond motifs is 3.